The predicted octanol–water partition coefficient (Wildman–Crippen LogP) is -1.75. The SMILES string of the molecule is [B]c1cnc(N)c([B])c1. The summed E-state index contributed by atoms with van der Waals surface area (Å²) in [5.41, 5.74) is 6.25. The van der Waals surface area contributed by atoms with Gasteiger partial charge in [-0.2, -0.15) is 0 Å². The van der Waals surface area contributed by atoms with Gasteiger partial charge in [0.2, 0.25) is 0 Å². The third-order valence-electron chi connectivity index (χ3n) is 0.971. The maximum atomic E-state index is 5.35. The highest BCUT2D eigenvalue weighted by molar-refractivity contribution is 6.39. The smallest absolute Gasteiger partial charge is 0.118 e. The van der Waals surface area contributed by atoms with Crippen molar-refractivity contribution in [2.45, 2.75) is 0 Å². The lowest BCUT2D eigenvalue weighted by Crippen LogP contribution is -2.18. The van der Waals surface area contributed by atoms with Crippen molar-refractivity contribution >= 4 is 32.4 Å². The van der Waals surface area contributed by atoms with Gasteiger partial charge in [0, 0.05) is 6.20 Å². The molecular weight excluding hydrogens is 110 g/mol. The number of rotatable bonds is 0. The van der Waals surface area contributed by atoms with Crippen LogP contribution in [0.4, 0.5) is 5.82 Å². The summed E-state index contributed by atoms with van der Waals surface area (Å²) in [4.78, 5) is 3.71. The molecule has 0 saturated heterocycles. The Morgan fingerprint density at radius 1 is 1.44 bits per heavy atom. The van der Waals surface area contributed by atoms with Crippen LogP contribution in [0.15, 0.2) is 12.3 Å². The first-order chi connectivity index (χ1) is 4.20. The van der Waals surface area contributed by atoms with Crippen molar-refractivity contribution in [3.8, 4) is 0 Å². The van der Waals surface area contributed by atoms with Gasteiger partial charge < -0.3 is 5.73 Å². The largest absolute Gasteiger partial charge is 0.384 e. The summed E-state index contributed by atoms with van der Waals surface area (Å²) in [5, 5.41) is 0. The first-order valence-corrected chi connectivity index (χ1v) is 2.46. The molecule has 0 aliphatic heterocycles. The van der Waals surface area contributed by atoms with Gasteiger partial charge in [-0.15, -0.1) is 0 Å². The zero-order valence-corrected chi connectivity index (χ0v) is 4.83. The third-order valence-corrected chi connectivity index (χ3v) is 0.971. The summed E-state index contributed by atoms with van der Waals surface area (Å²) in [7, 11) is 10.7. The number of pyridine rings is 1. The monoisotopic (exact) mass is 114 g/mol. The minimum atomic E-state index is 0.323. The van der Waals surface area contributed by atoms with Gasteiger partial charge in [0.25, 0.3) is 0 Å². The standard InChI is InChI=1S/C5H4B2N2/c6-3-1-4(7)5(8)9-2-3/h1-2H,(H2,8,9). The van der Waals surface area contributed by atoms with Crippen molar-refractivity contribution in [3.63, 3.8) is 0 Å². The van der Waals surface area contributed by atoms with E-state index in [0.717, 1.165) is 0 Å². The lowest BCUT2D eigenvalue weighted by Gasteiger charge is -1.98. The minimum Gasteiger partial charge on any atom is -0.384 e. The Morgan fingerprint density at radius 3 is 2.56 bits per heavy atom. The molecule has 0 aromatic carbocycles. The molecule has 40 valence electrons. The molecule has 0 fully saturated rings. The van der Waals surface area contributed by atoms with Gasteiger partial charge in [-0.05, 0) is 0 Å². The maximum absolute atomic E-state index is 5.35. The Balaban J connectivity index is 3.17. The number of hydrogen-bond acceptors (Lipinski definition) is 2. The second-order valence-corrected chi connectivity index (χ2v) is 1.74. The Kier molecular flexibility index (Phi) is 1.47. The van der Waals surface area contributed by atoms with E-state index in [1.807, 2.05) is 0 Å². The van der Waals surface area contributed by atoms with Crippen LogP contribution in [0.3, 0.4) is 0 Å². The van der Waals surface area contributed by atoms with Crippen LogP contribution in [0.2, 0.25) is 0 Å². The topological polar surface area (TPSA) is 38.9 Å². The molecular formula is C5H4B2N2. The van der Waals surface area contributed by atoms with Crippen molar-refractivity contribution < 1.29 is 0 Å². The van der Waals surface area contributed by atoms with Gasteiger partial charge in [0.1, 0.15) is 21.5 Å². The van der Waals surface area contributed by atoms with Gasteiger partial charge in [-0.25, -0.2) is 4.98 Å². The first kappa shape index (κ1) is 6.20. The molecule has 1 aromatic rings. The second kappa shape index (κ2) is 2.13. The van der Waals surface area contributed by atoms with E-state index in [1.54, 1.807) is 6.07 Å². The summed E-state index contributed by atoms with van der Waals surface area (Å²) < 4.78 is 0. The highest BCUT2D eigenvalue weighted by Gasteiger charge is 1.90. The zero-order chi connectivity index (χ0) is 6.85. The van der Waals surface area contributed by atoms with Gasteiger partial charge in [-0.1, -0.05) is 17.0 Å². The van der Waals surface area contributed by atoms with E-state index in [1.165, 1.54) is 6.20 Å². The number of nitrogen functional groups attached to an aromatic ring is 1. The molecule has 0 saturated carbocycles. The van der Waals surface area contributed by atoms with Crippen LogP contribution in [-0.4, -0.2) is 20.7 Å². The molecule has 0 atom stereocenters. The summed E-state index contributed by atoms with van der Waals surface area (Å²) in [6, 6.07) is 1.57. The number of nitrogens with two attached hydrogens (primary N) is 1. The molecule has 1 rings (SSSR count). The van der Waals surface area contributed by atoms with Crippen molar-refractivity contribution in [3.05, 3.63) is 12.3 Å². The average Bonchev–Trinajstić information content (AvgIpc) is 1.80. The normalized spacial score (nSPS) is 9.33. The molecule has 0 bridgehead atoms. The van der Waals surface area contributed by atoms with Crippen molar-refractivity contribution in [2.75, 3.05) is 5.73 Å². The molecule has 0 aliphatic rings. The van der Waals surface area contributed by atoms with Gasteiger partial charge >= 0.3 is 0 Å². The van der Waals surface area contributed by atoms with E-state index >= 15 is 0 Å². The summed E-state index contributed by atoms with van der Waals surface area (Å²) in [6.45, 7) is 0. The molecule has 2 N–H and O–H groups in total. The van der Waals surface area contributed by atoms with Crippen LogP contribution >= 0.6 is 0 Å². The van der Waals surface area contributed by atoms with Gasteiger partial charge in [0.05, 0.1) is 0 Å². The molecule has 0 spiro atoms. The summed E-state index contributed by atoms with van der Waals surface area (Å²) >= 11 is 0. The van der Waals surface area contributed by atoms with E-state index < -0.39 is 0 Å². The number of nitrogens with zero attached hydrogens (tertiary/aromatic N) is 1. The van der Waals surface area contributed by atoms with Gasteiger partial charge in [-0.3, -0.25) is 0 Å². The molecule has 1 heterocycles. The van der Waals surface area contributed by atoms with E-state index in [4.69, 9.17) is 21.4 Å². The molecule has 1 aromatic heterocycles. The highest BCUT2D eigenvalue weighted by Crippen LogP contribution is 1.82. The van der Waals surface area contributed by atoms with Crippen molar-refractivity contribution in [2.24, 2.45) is 0 Å². The number of anilines is 1. The zero-order valence-electron chi connectivity index (χ0n) is 4.83. The van der Waals surface area contributed by atoms with Crippen molar-refractivity contribution in [1.82, 2.24) is 4.98 Å². The summed E-state index contributed by atoms with van der Waals surface area (Å²) in [6.07, 6.45) is 1.46. The van der Waals surface area contributed by atoms with E-state index in [0.29, 0.717) is 16.7 Å². The Bertz CT molecular complexity index is 224. The third kappa shape index (κ3) is 1.25. The highest BCUT2D eigenvalue weighted by atomic mass is 14.8. The fourth-order valence-electron chi connectivity index (χ4n) is 0.509. The van der Waals surface area contributed by atoms with Gasteiger partial charge in [0.15, 0.2) is 0 Å². The lowest BCUT2D eigenvalue weighted by molar-refractivity contribution is 1.38. The molecule has 4 radical (unpaired) electrons. The van der Waals surface area contributed by atoms with Crippen LogP contribution < -0.4 is 16.7 Å². The molecule has 0 unspecified atom stereocenters. The fraction of sp³-hybridized carbons (Fsp3) is 0. The predicted molar refractivity (Wildman–Crippen MR) is 39.4 cm³/mol. The quantitative estimate of drug-likeness (QED) is 0.406. The Labute approximate surface area is 56.3 Å². The molecule has 9 heavy (non-hydrogen) atoms. The number of aromatic nitrogens is 1. The van der Waals surface area contributed by atoms with E-state index in [-0.39, 0.29) is 0 Å². The molecule has 0 amide bonds. The summed E-state index contributed by atoms with van der Waals surface area (Å²) in [5.74, 6) is 0.323. The lowest BCUT2D eigenvalue weighted by atomic mass is 9.89. The Morgan fingerprint density at radius 2 is 2.11 bits per heavy atom. The van der Waals surface area contributed by atoms with Crippen LogP contribution in [-0.2, 0) is 0 Å². The molecule has 0 aliphatic carbocycles. The van der Waals surface area contributed by atoms with Crippen LogP contribution in [0, 0.1) is 0 Å². The van der Waals surface area contributed by atoms with E-state index in [2.05, 4.69) is 4.98 Å². The maximum Gasteiger partial charge on any atom is 0.118 e. The molecule has 2 nitrogen and oxygen atoms in total. The first-order valence-electron chi connectivity index (χ1n) is 2.46. The van der Waals surface area contributed by atoms with Crippen LogP contribution in [0.5, 0.6) is 0 Å². The minimum absolute atomic E-state index is 0.323. The van der Waals surface area contributed by atoms with Crippen LogP contribution in [0.25, 0.3) is 0 Å². The average molecular weight is 114 g/mol. The molecule has 4 heteroatoms. The fourth-order valence-corrected chi connectivity index (χ4v) is 0.509. The van der Waals surface area contributed by atoms with Crippen LogP contribution in [0.1, 0.15) is 0 Å². The second-order valence-electron chi connectivity index (χ2n) is 1.74. The number of hydrogen-bond donors (Lipinski definition) is 1. The van der Waals surface area contributed by atoms with E-state index in [9.17, 15) is 0 Å². The van der Waals surface area contributed by atoms with Crippen molar-refractivity contribution in [1.29, 1.82) is 0 Å². The Hall–Kier alpha value is -0.920.